The van der Waals surface area contributed by atoms with Crippen LogP contribution in [0.15, 0.2) is 0 Å². The van der Waals surface area contributed by atoms with Gasteiger partial charge in [-0.2, -0.15) is 0 Å². The first kappa shape index (κ1) is 15.8. The summed E-state index contributed by atoms with van der Waals surface area (Å²) in [5.41, 5.74) is -0.546. The molecule has 0 aromatic carbocycles. The molecule has 0 amide bonds. The normalized spacial score (nSPS) is 38.8. The molecular formula is C17H26O5. The molecule has 124 valence electrons. The first-order chi connectivity index (χ1) is 10.5. The third-order valence-corrected chi connectivity index (χ3v) is 5.67. The van der Waals surface area contributed by atoms with Gasteiger partial charge in [-0.15, -0.1) is 0 Å². The predicted octanol–water partition coefficient (Wildman–Crippen LogP) is 2.47. The standard InChI is InChI=1S/C17H26O5/c1-3-14(18)21-4-5-22-17-9-12-6-13(10-17)8-16(7-12,11-17)15(19)20-2/h12-13H,3-11H2,1-2H3. The maximum absolute atomic E-state index is 12.3. The molecule has 4 aliphatic rings. The Hall–Kier alpha value is -1.10. The molecule has 2 atom stereocenters. The summed E-state index contributed by atoms with van der Waals surface area (Å²) >= 11 is 0. The number of rotatable bonds is 6. The first-order valence-electron chi connectivity index (χ1n) is 8.39. The van der Waals surface area contributed by atoms with Crippen LogP contribution in [-0.2, 0) is 23.8 Å². The third-order valence-electron chi connectivity index (χ3n) is 5.67. The van der Waals surface area contributed by atoms with Crippen molar-refractivity contribution in [1.82, 2.24) is 0 Å². The maximum Gasteiger partial charge on any atom is 0.311 e. The number of hydrogen-bond acceptors (Lipinski definition) is 5. The van der Waals surface area contributed by atoms with Gasteiger partial charge in [0.25, 0.3) is 0 Å². The van der Waals surface area contributed by atoms with Crippen molar-refractivity contribution < 1.29 is 23.8 Å². The van der Waals surface area contributed by atoms with Gasteiger partial charge in [0.05, 0.1) is 24.7 Å². The lowest BCUT2D eigenvalue weighted by molar-refractivity contribution is -0.211. The fourth-order valence-electron chi connectivity index (χ4n) is 5.32. The van der Waals surface area contributed by atoms with Gasteiger partial charge in [0.1, 0.15) is 6.61 Å². The van der Waals surface area contributed by atoms with Gasteiger partial charge < -0.3 is 14.2 Å². The minimum atomic E-state index is -0.334. The summed E-state index contributed by atoms with van der Waals surface area (Å²) in [7, 11) is 1.48. The van der Waals surface area contributed by atoms with Crippen LogP contribution >= 0.6 is 0 Å². The van der Waals surface area contributed by atoms with Crippen LogP contribution in [-0.4, -0.2) is 37.9 Å². The number of carbonyl (C=O) groups excluding carboxylic acids is 2. The lowest BCUT2D eigenvalue weighted by Crippen LogP contribution is -2.59. The molecule has 0 N–H and O–H groups in total. The molecule has 0 radical (unpaired) electrons. The minimum absolute atomic E-state index is 0.0630. The van der Waals surface area contributed by atoms with Crippen LogP contribution in [0, 0.1) is 17.3 Å². The molecule has 4 saturated carbocycles. The molecule has 0 aromatic rings. The van der Waals surface area contributed by atoms with Crippen molar-refractivity contribution in [3.8, 4) is 0 Å². The van der Waals surface area contributed by atoms with Crippen LogP contribution in [0.1, 0.15) is 51.9 Å². The van der Waals surface area contributed by atoms with E-state index in [1.165, 1.54) is 13.5 Å². The number of esters is 2. The van der Waals surface area contributed by atoms with Gasteiger partial charge in [-0.3, -0.25) is 9.59 Å². The second kappa shape index (κ2) is 5.84. The largest absolute Gasteiger partial charge is 0.469 e. The molecule has 5 heteroatoms. The number of hydrogen-bond donors (Lipinski definition) is 0. The van der Waals surface area contributed by atoms with E-state index in [-0.39, 0.29) is 23.0 Å². The van der Waals surface area contributed by atoms with Crippen LogP contribution < -0.4 is 0 Å². The number of ether oxygens (including phenoxy) is 3. The third kappa shape index (κ3) is 2.75. The van der Waals surface area contributed by atoms with E-state index < -0.39 is 0 Å². The van der Waals surface area contributed by atoms with E-state index in [2.05, 4.69) is 0 Å². The van der Waals surface area contributed by atoms with Crippen LogP contribution in [0.3, 0.4) is 0 Å². The van der Waals surface area contributed by atoms with Crippen molar-refractivity contribution in [2.45, 2.75) is 57.5 Å². The van der Waals surface area contributed by atoms with E-state index in [9.17, 15) is 9.59 Å². The van der Waals surface area contributed by atoms with Gasteiger partial charge in [0.2, 0.25) is 0 Å². The van der Waals surface area contributed by atoms with Gasteiger partial charge in [-0.1, -0.05) is 6.92 Å². The summed E-state index contributed by atoms with van der Waals surface area (Å²) < 4.78 is 16.4. The van der Waals surface area contributed by atoms with Crippen LogP contribution in [0.25, 0.3) is 0 Å². The molecule has 4 fully saturated rings. The summed E-state index contributed by atoms with van der Waals surface area (Å²) in [5.74, 6) is 0.879. The van der Waals surface area contributed by atoms with Gasteiger partial charge in [0.15, 0.2) is 0 Å². The molecule has 5 nitrogen and oxygen atoms in total. The fourth-order valence-corrected chi connectivity index (χ4v) is 5.32. The van der Waals surface area contributed by atoms with E-state index in [1.807, 2.05) is 0 Å². The Labute approximate surface area is 131 Å². The second-order valence-electron chi connectivity index (χ2n) is 7.34. The van der Waals surface area contributed by atoms with Crippen LogP contribution in [0.4, 0.5) is 0 Å². The van der Waals surface area contributed by atoms with Gasteiger partial charge >= 0.3 is 11.9 Å². The lowest BCUT2D eigenvalue weighted by atomic mass is 9.48. The molecule has 4 rings (SSSR count). The monoisotopic (exact) mass is 310 g/mol. The Balaban J connectivity index is 1.64. The van der Waals surface area contributed by atoms with Crippen LogP contribution in [0.5, 0.6) is 0 Å². The van der Waals surface area contributed by atoms with Gasteiger partial charge in [0, 0.05) is 6.42 Å². The quantitative estimate of drug-likeness (QED) is 0.557. The molecule has 22 heavy (non-hydrogen) atoms. The van der Waals surface area contributed by atoms with Crippen molar-refractivity contribution in [2.24, 2.45) is 17.3 Å². The number of carbonyl (C=O) groups is 2. The van der Waals surface area contributed by atoms with E-state index in [4.69, 9.17) is 14.2 Å². The average Bonchev–Trinajstić information content (AvgIpc) is 2.49. The zero-order valence-electron chi connectivity index (χ0n) is 13.6. The Morgan fingerprint density at radius 1 is 1.09 bits per heavy atom. The molecule has 0 aromatic heterocycles. The number of methoxy groups -OCH3 is 1. The molecule has 4 aliphatic carbocycles. The summed E-state index contributed by atoms with van der Waals surface area (Å²) in [6.45, 7) is 2.50. The summed E-state index contributed by atoms with van der Waals surface area (Å²) in [6.07, 6.45) is 6.34. The zero-order valence-corrected chi connectivity index (χ0v) is 13.6. The summed E-state index contributed by atoms with van der Waals surface area (Å²) in [4.78, 5) is 23.5. The molecule has 4 bridgehead atoms. The van der Waals surface area contributed by atoms with Crippen molar-refractivity contribution in [3.05, 3.63) is 0 Å². The molecular weight excluding hydrogens is 284 g/mol. The SMILES string of the molecule is CCC(=O)OCCOC12CC3CC(C1)CC(C(=O)OC)(C3)C2. The maximum atomic E-state index is 12.3. The topological polar surface area (TPSA) is 61.8 Å². The summed E-state index contributed by atoms with van der Waals surface area (Å²) in [5, 5.41) is 0. The smallest absolute Gasteiger partial charge is 0.311 e. The van der Waals surface area contributed by atoms with E-state index >= 15 is 0 Å². The molecule has 0 saturated heterocycles. The highest BCUT2D eigenvalue weighted by atomic mass is 16.6. The highest BCUT2D eigenvalue weighted by Crippen LogP contribution is 2.63. The van der Waals surface area contributed by atoms with Crippen molar-refractivity contribution >= 4 is 11.9 Å². The lowest BCUT2D eigenvalue weighted by Gasteiger charge is -2.60. The van der Waals surface area contributed by atoms with Crippen LogP contribution in [0.2, 0.25) is 0 Å². The van der Waals surface area contributed by atoms with Crippen molar-refractivity contribution in [3.63, 3.8) is 0 Å². The Morgan fingerprint density at radius 2 is 1.77 bits per heavy atom. The molecule has 0 heterocycles. The molecule has 0 aliphatic heterocycles. The first-order valence-corrected chi connectivity index (χ1v) is 8.39. The average molecular weight is 310 g/mol. The highest BCUT2D eigenvalue weighted by molar-refractivity contribution is 5.77. The zero-order chi connectivity index (χ0) is 15.8. The van der Waals surface area contributed by atoms with E-state index in [0.717, 1.165) is 32.1 Å². The summed E-state index contributed by atoms with van der Waals surface area (Å²) in [6, 6.07) is 0. The van der Waals surface area contributed by atoms with Gasteiger partial charge in [-0.05, 0) is 50.4 Å². The second-order valence-corrected chi connectivity index (χ2v) is 7.34. The molecule has 0 spiro atoms. The minimum Gasteiger partial charge on any atom is -0.469 e. The van der Waals surface area contributed by atoms with Gasteiger partial charge in [-0.25, -0.2) is 0 Å². The highest BCUT2D eigenvalue weighted by Gasteiger charge is 2.61. The Kier molecular flexibility index (Phi) is 4.19. The van der Waals surface area contributed by atoms with E-state index in [1.54, 1.807) is 6.92 Å². The predicted molar refractivity (Wildman–Crippen MR) is 79.1 cm³/mol. The molecule has 2 unspecified atom stereocenters. The van der Waals surface area contributed by atoms with Crippen molar-refractivity contribution in [2.75, 3.05) is 20.3 Å². The van der Waals surface area contributed by atoms with Crippen molar-refractivity contribution in [1.29, 1.82) is 0 Å². The Bertz CT molecular complexity index is 444. The fraction of sp³-hybridized carbons (Fsp3) is 0.882. The van der Waals surface area contributed by atoms with E-state index in [0.29, 0.717) is 31.5 Å². The Morgan fingerprint density at radius 3 is 2.36 bits per heavy atom.